The van der Waals surface area contributed by atoms with Crippen molar-refractivity contribution >= 4 is 63.1 Å². The van der Waals surface area contributed by atoms with Crippen molar-refractivity contribution in [1.82, 2.24) is 0 Å². The third-order valence-electron chi connectivity index (χ3n) is 3.90. The Kier molecular flexibility index (Phi) is 5.69. The fourth-order valence-electron chi connectivity index (χ4n) is 2.70. The molecule has 3 rings (SSSR count). The van der Waals surface area contributed by atoms with E-state index in [9.17, 15) is 4.79 Å². The third kappa shape index (κ3) is 4.53. The van der Waals surface area contributed by atoms with Gasteiger partial charge in [0, 0.05) is 18.3 Å². The zero-order valence-electron chi connectivity index (χ0n) is 12.6. The minimum Gasteiger partial charge on any atom is -0.289 e. The smallest absolute Gasteiger partial charge is 0.185 e. The lowest BCUT2D eigenvalue weighted by Crippen LogP contribution is -2.12. The number of benzene rings is 2. The number of halogens is 2. The van der Waals surface area contributed by atoms with Crippen LogP contribution >= 0.6 is 45.2 Å². The summed E-state index contributed by atoms with van der Waals surface area (Å²) in [7, 11) is 0. The van der Waals surface area contributed by atoms with Gasteiger partial charge in [0.2, 0.25) is 0 Å². The number of rotatable bonds is 2. The molecule has 0 N–H and O–H groups in total. The van der Waals surface area contributed by atoms with Gasteiger partial charge in [0.15, 0.2) is 5.78 Å². The highest BCUT2D eigenvalue weighted by Gasteiger charge is 2.20. The molecular formula is C20H16I2O. The number of carbonyl (C=O) groups excluding carboxylic acids is 1. The number of carbonyl (C=O) groups is 1. The van der Waals surface area contributed by atoms with Gasteiger partial charge >= 0.3 is 0 Å². The standard InChI is InChI=1S/C20H16I2O/c21-18-8-4-14(5-9-18)12-16-2-1-3-17(20(16)23)13-15-6-10-19(22)11-7-15/h4-13H,1-3H2/b16-12-,17-13+. The second-order valence-electron chi connectivity index (χ2n) is 5.62. The van der Waals surface area contributed by atoms with Crippen LogP contribution in [-0.4, -0.2) is 5.78 Å². The maximum atomic E-state index is 12.7. The van der Waals surface area contributed by atoms with Gasteiger partial charge in [0.1, 0.15) is 0 Å². The first-order valence-corrected chi connectivity index (χ1v) is 9.74. The lowest BCUT2D eigenvalue weighted by Gasteiger charge is -2.16. The summed E-state index contributed by atoms with van der Waals surface area (Å²) in [5.74, 6) is 0.202. The molecule has 0 aliphatic heterocycles. The maximum absolute atomic E-state index is 12.7. The highest BCUT2D eigenvalue weighted by molar-refractivity contribution is 14.1. The minimum atomic E-state index is 0.202. The molecule has 0 spiro atoms. The van der Waals surface area contributed by atoms with Crippen LogP contribution in [0.3, 0.4) is 0 Å². The van der Waals surface area contributed by atoms with Gasteiger partial charge in [-0.05, 0) is 112 Å². The van der Waals surface area contributed by atoms with E-state index in [1.165, 1.54) is 7.14 Å². The second kappa shape index (κ2) is 7.75. The van der Waals surface area contributed by atoms with Gasteiger partial charge < -0.3 is 0 Å². The fraction of sp³-hybridized carbons (Fsp3) is 0.150. The quantitative estimate of drug-likeness (QED) is 0.341. The molecule has 3 heteroatoms. The molecule has 0 radical (unpaired) electrons. The molecule has 0 saturated heterocycles. The van der Waals surface area contributed by atoms with Crippen LogP contribution in [0.2, 0.25) is 0 Å². The lowest BCUT2D eigenvalue weighted by molar-refractivity contribution is -0.112. The van der Waals surface area contributed by atoms with Gasteiger partial charge in [-0.1, -0.05) is 24.3 Å². The van der Waals surface area contributed by atoms with Crippen LogP contribution in [0.15, 0.2) is 59.7 Å². The lowest BCUT2D eigenvalue weighted by atomic mass is 9.87. The molecule has 0 amide bonds. The monoisotopic (exact) mass is 526 g/mol. The summed E-state index contributed by atoms with van der Waals surface area (Å²) < 4.78 is 2.41. The number of hydrogen-bond acceptors (Lipinski definition) is 1. The maximum Gasteiger partial charge on any atom is 0.185 e. The Labute approximate surface area is 164 Å². The van der Waals surface area contributed by atoms with E-state index in [-0.39, 0.29) is 5.78 Å². The fourth-order valence-corrected chi connectivity index (χ4v) is 3.42. The van der Waals surface area contributed by atoms with Crippen molar-refractivity contribution in [2.45, 2.75) is 19.3 Å². The van der Waals surface area contributed by atoms with Crippen LogP contribution in [-0.2, 0) is 4.79 Å². The molecule has 0 bridgehead atoms. The summed E-state index contributed by atoms with van der Waals surface area (Å²) in [5, 5.41) is 0. The summed E-state index contributed by atoms with van der Waals surface area (Å²) in [6, 6.07) is 16.6. The largest absolute Gasteiger partial charge is 0.289 e. The van der Waals surface area contributed by atoms with Crippen LogP contribution < -0.4 is 0 Å². The Hall–Kier alpha value is -0.950. The molecule has 2 aromatic rings. The van der Waals surface area contributed by atoms with E-state index in [1.807, 2.05) is 12.2 Å². The average molecular weight is 526 g/mol. The second-order valence-corrected chi connectivity index (χ2v) is 8.12. The predicted octanol–water partition coefficient (Wildman–Crippen LogP) is 6.12. The van der Waals surface area contributed by atoms with Gasteiger partial charge in [-0.2, -0.15) is 0 Å². The molecule has 1 aliphatic carbocycles. The molecule has 0 unspecified atom stereocenters. The SMILES string of the molecule is O=C1/C(=C\c2ccc(I)cc2)CCC/C1=C\c1ccc(I)cc1. The Bertz CT molecular complexity index is 703. The summed E-state index contributed by atoms with van der Waals surface area (Å²) in [4.78, 5) is 12.7. The summed E-state index contributed by atoms with van der Waals surface area (Å²) >= 11 is 4.58. The van der Waals surface area contributed by atoms with E-state index in [4.69, 9.17) is 0 Å². The molecule has 0 aromatic heterocycles. The first kappa shape index (κ1) is 16.9. The van der Waals surface area contributed by atoms with E-state index in [1.54, 1.807) is 0 Å². The highest BCUT2D eigenvalue weighted by Crippen LogP contribution is 2.28. The van der Waals surface area contributed by atoms with Crippen molar-refractivity contribution in [3.63, 3.8) is 0 Å². The zero-order chi connectivity index (χ0) is 16.2. The van der Waals surface area contributed by atoms with E-state index >= 15 is 0 Å². The van der Waals surface area contributed by atoms with Crippen LogP contribution in [0, 0.1) is 7.14 Å². The van der Waals surface area contributed by atoms with Gasteiger partial charge in [-0.3, -0.25) is 4.79 Å². The number of ketones is 1. The van der Waals surface area contributed by atoms with E-state index < -0.39 is 0 Å². The number of allylic oxidation sites excluding steroid dienone is 2. The Morgan fingerprint density at radius 2 is 1.09 bits per heavy atom. The topological polar surface area (TPSA) is 17.1 Å². The van der Waals surface area contributed by atoms with Crippen molar-refractivity contribution in [2.75, 3.05) is 0 Å². The third-order valence-corrected chi connectivity index (χ3v) is 5.34. The first-order valence-electron chi connectivity index (χ1n) is 7.59. The van der Waals surface area contributed by atoms with Crippen molar-refractivity contribution in [1.29, 1.82) is 0 Å². The molecule has 116 valence electrons. The molecule has 0 atom stereocenters. The van der Waals surface area contributed by atoms with Crippen molar-refractivity contribution in [2.24, 2.45) is 0 Å². The van der Waals surface area contributed by atoms with Gasteiger partial charge in [0.25, 0.3) is 0 Å². The molecule has 2 aromatic carbocycles. The van der Waals surface area contributed by atoms with E-state index in [2.05, 4.69) is 93.7 Å². The van der Waals surface area contributed by atoms with Crippen LogP contribution in [0.1, 0.15) is 30.4 Å². The molecule has 1 fully saturated rings. The van der Waals surface area contributed by atoms with Crippen LogP contribution in [0.5, 0.6) is 0 Å². The molecule has 1 nitrogen and oxygen atoms in total. The number of hydrogen-bond donors (Lipinski definition) is 0. The number of Topliss-reactive ketones (excluding diaryl/α,β-unsaturated/α-hetero) is 1. The summed E-state index contributed by atoms with van der Waals surface area (Å²) in [6.07, 6.45) is 6.86. The molecule has 23 heavy (non-hydrogen) atoms. The summed E-state index contributed by atoms with van der Waals surface area (Å²) in [6.45, 7) is 0. The van der Waals surface area contributed by atoms with Crippen molar-refractivity contribution in [3.05, 3.63) is 77.9 Å². The molecule has 1 saturated carbocycles. The highest BCUT2D eigenvalue weighted by atomic mass is 127. The first-order chi connectivity index (χ1) is 11.1. The van der Waals surface area contributed by atoms with E-state index in [0.29, 0.717) is 0 Å². The Balaban J connectivity index is 1.86. The molecule has 0 heterocycles. The molecular weight excluding hydrogens is 510 g/mol. The van der Waals surface area contributed by atoms with Gasteiger partial charge in [-0.25, -0.2) is 0 Å². The van der Waals surface area contributed by atoms with Crippen LogP contribution in [0.4, 0.5) is 0 Å². The van der Waals surface area contributed by atoms with Gasteiger partial charge in [-0.15, -0.1) is 0 Å². The Morgan fingerprint density at radius 3 is 1.48 bits per heavy atom. The normalized spacial score (nSPS) is 18.6. The van der Waals surface area contributed by atoms with E-state index in [0.717, 1.165) is 41.5 Å². The summed E-state index contributed by atoms with van der Waals surface area (Å²) in [5.41, 5.74) is 4.05. The van der Waals surface area contributed by atoms with Crippen molar-refractivity contribution in [3.8, 4) is 0 Å². The minimum absolute atomic E-state index is 0.202. The predicted molar refractivity (Wildman–Crippen MR) is 113 cm³/mol. The van der Waals surface area contributed by atoms with Crippen molar-refractivity contribution < 1.29 is 4.79 Å². The van der Waals surface area contributed by atoms with Crippen LogP contribution in [0.25, 0.3) is 12.2 Å². The average Bonchev–Trinajstić information content (AvgIpc) is 2.55. The van der Waals surface area contributed by atoms with Gasteiger partial charge in [0.05, 0.1) is 0 Å². The zero-order valence-corrected chi connectivity index (χ0v) is 16.9. The molecule has 1 aliphatic rings. The Morgan fingerprint density at radius 1 is 0.696 bits per heavy atom.